The van der Waals surface area contributed by atoms with Gasteiger partial charge in [0.1, 0.15) is 5.82 Å². The zero-order chi connectivity index (χ0) is 19.6. The summed E-state index contributed by atoms with van der Waals surface area (Å²) in [6.07, 6.45) is -1.05. The molecule has 1 aliphatic rings. The van der Waals surface area contributed by atoms with Crippen LogP contribution in [0.25, 0.3) is 5.65 Å². The van der Waals surface area contributed by atoms with Gasteiger partial charge in [-0.1, -0.05) is 17.8 Å². The molecule has 148 valence electrons. The maximum Gasteiger partial charge on any atom is 0.419 e. The maximum absolute atomic E-state index is 13.2. The highest BCUT2D eigenvalue weighted by Crippen LogP contribution is 2.35. The Morgan fingerprint density at radius 2 is 1.82 bits per heavy atom. The predicted octanol–water partition coefficient (Wildman–Crippen LogP) is 3.06. The predicted molar refractivity (Wildman–Crippen MR) is 102 cm³/mol. The van der Waals surface area contributed by atoms with E-state index in [4.69, 9.17) is 0 Å². The fraction of sp³-hybridized carbons (Fsp3) is 0.389. The van der Waals surface area contributed by atoms with Crippen molar-refractivity contribution >= 4 is 23.2 Å². The molecule has 3 aromatic rings. The molecule has 0 aromatic carbocycles. The largest absolute Gasteiger partial charge is 0.419 e. The first-order chi connectivity index (χ1) is 13.5. The van der Waals surface area contributed by atoms with Crippen LogP contribution in [0.5, 0.6) is 0 Å². The highest BCUT2D eigenvalue weighted by molar-refractivity contribution is 7.99. The van der Waals surface area contributed by atoms with Crippen LogP contribution >= 0.6 is 11.8 Å². The highest BCUT2D eigenvalue weighted by atomic mass is 32.2. The fourth-order valence-corrected chi connectivity index (χ4v) is 4.16. The summed E-state index contributed by atoms with van der Waals surface area (Å²) in [5.74, 6) is 0.867. The van der Waals surface area contributed by atoms with Gasteiger partial charge in [0.2, 0.25) is 0 Å². The molecule has 28 heavy (non-hydrogen) atoms. The summed E-state index contributed by atoms with van der Waals surface area (Å²) in [5.41, 5.74) is 0.145. The average molecular weight is 408 g/mol. The molecule has 1 fully saturated rings. The lowest BCUT2D eigenvalue weighted by Crippen LogP contribution is -2.47. The number of hydrogen-bond acceptors (Lipinski definition) is 6. The molecule has 1 saturated heterocycles. The molecule has 0 atom stereocenters. The zero-order valence-corrected chi connectivity index (χ0v) is 15.8. The Kier molecular flexibility index (Phi) is 5.40. The van der Waals surface area contributed by atoms with Gasteiger partial charge in [-0.3, -0.25) is 9.30 Å². The Morgan fingerprint density at radius 3 is 2.61 bits per heavy atom. The first-order valence-electron chi connectivity index (χ1n) is 8.94. The van der Waals surface area contributed by atoms with Crippen LogP contribution in [0, 0.1) is 0 Å². The molecule has 0 bridgehead atoms. The van der Waals surface area contributed by atoms with Crippen molar-refractivity contribution in [1.82, 2.24) is 24.5 Å². The summed E-state index contributed by atoms with van der Waals surface area (Å²) < 4.78 is 41.5. The van der Waals surface area contributed by atoms with Crippen molar-refractivity contribution < 1.29 is 13.2 Å². The van der Waals surface area contributed by atoms with E-state index >= 15 is 0 Å². The van der Waals surface area contributed by atoms with Gasteiger partial charge in [0.05, 0.1) is 5.56 Å². The molecule has 0 N–H and O–H groups in total. The summed E-state index contributed by atoms with van der Waals surface area (Å²) in [6.45, 7) is 3.30. The number of pyridine rings is 2. The molecule has 4 heterocycles. The number of halogens is 3. The molecule has 3 aromatic heterocycles. The van der Waals surface area contributed by atoms with E-state index in [0.29, 0.717) is 26.2 Å². The monoisotopic (exact) mass is 408 g/mol. The first kappa shape index (κ1) is 19.0. The third kappa shape index (κ3) is 4.07. The van der Waals surface area contributed by atoms with Crippen LogP contribution in [0.15, 0.2) is 47.9 Å². The lowest BCUT2D eigenvalue weighted by Gasteiger charge is -2.36. The van der Waals surface area contributed by atoms with Crippen molar-refractivity contribution in [3.63, 3.8) is 0 Å². The minimum Gasteiger partial charge on any atom is -0.354 e. The molecule has 0 aliphatic carbocycles. The van der Waals surface area contributed by atoms with Crippen molar-refractivity contribution in [2.24, 2.45) is 0 Å². The van der Waals surface area contributed by atoms with Crippen LogP contribution in [-0.2, 0) is 6.18 Å². The van der Waals surface area contributed by atoms with Crippen molar-refractivity contribution in [1.29, 1.82) is 0 Å². The Labute approximate surface area is 164 Å². The van der Waals surface area contributed by atoms with E-state index in [9.17, 15) is 13.2 Å². The molecule has 0 amide bonds. The van der Waals surface area contributed by atoms with E-state index in [2.05, 4.69) is 20.1 Å². The van der Waals surface area contributed by atoms with Crippen LogP contribution in [0.1, 0.15) is 5.56 Å². The number of alkyl halides is 3. The summed E-state index contributed by atoms with van der Waals surface area (Å²) in [7, 11) is 0. The number of anilines is 1. The minimum atomic E-state index is -4.39. The van der Waals surface area contributed by atoms with Gasteiger partial charge in [-0.25, -0.2) is 4.98 Å². The lowest BCUT2D eigenvalue weighted by molar-refractivity contribution is -0.137. The summed E-state index contributed by atoms with van der Waals surface area (Å²) in [4.78, 5) is 7.96. The van der Waals surface area contributed by atoms with Gasteiger partial charge in [-0.2, -0.15) is 13.2 Å². The molecular formula is C18H19F3N6S. The SMILES string of the molecule is FC(F)(F)c1cccnc1N1CCN(CCSc2nnc3ccccn23)CC1. The number of rotatable bonds is 5. The van der Waals surface area contributed by atoms with Crippen molar-refractivity contribution in [3.05, 3.63) is 48.3 Å². The third-order valence-corrected chi connectivity index (χ3v) is 5.61. The van der Waals surface area contributed by atoms with Gasteiger partial charge in [0, 0.05) is 50.9 Å². The molecular weight excluding hydrogens is 389 g/mol. The Morgan fingerprint density at radius 1 is 1.00 bits per heavy atom. The topological polar surface area (TPSA) is 49.6 Å². The van der Waals surface area contributed by atoms with Crippen LogP contribution in [0.4, 0.5) is 19.0 Å². The van der Waals surface area contributed by atoms with Crippen molar-refractivity contribution in [3.8, 4) is 0 Å². The van der Waals surface area contributed by atoms with Crippen LogP contribution in [0.3, 0.4) is 0 Å². The second-order valence-corrected chi connectivity index (χ2v) is 7.52. The maximum atomic E-state index is 13.2. The normalized spacial score (nSPS) is 16.0. The Balaban J connectivity index is 1.30. The molecule has 0 unspecified atom stereocenters. The summed E-state index contributed by atoms with van der Waals surface area (Å²) >= 11 is 1.63. The molecule has 0 spiro atoms. The van der Waals surface area contributed by atoms with Crippen LogP contribution < -0.4 is 4.90 Å². The second-order valence-electron chi connectivity index (χ2n) is 6.46. The van der Waals surface area contributed by atoms with Crippen molar-refractivity contribution in [2.75, 3.05) is 43.4 Å². The molecule has 6 nitrogen and oxygen atoms in total. The van der Waals surface area contributed by atoms with Gasteiger partial charge in [-0.05, 0) is 24.3 Å². The quantitative estimate of drug-likeness (QED) is 0.605. The molecule has 1 aliphatic heterocycles. The number of fused-ring (bicyclic) bond motifs is 1. The smallest absolute Gasteiger partial charge is 0.354 e. The standard InChI is InChI=1S/C18H19F3N6S/c19-18(20,21)14-4-3-6-22-16(14)26-10-8-25(9-11-26)12-13-28-17-24-23-15-5-1-2-7-27(15)17/h1-7H,8-13H2. The fourth-order valence-electron chi connectivity index (χ4n) is 3.24. The van der Waals surface area contributed by atoms with Crippen LogP contribution in [-0.4, -0.2) is 63.0 Å². The van der Waals surface area contributed by atoms with Gasteiger partial charge in [-0.15, -0.1) is 10.2 Å². The van der Waals surface area contributed by atoms with E-state index in [1.807, 2.05) is 28.8 Å². The van der Waals surface area contributed by atoms with Crippen LogP contribution in [0.2, 0.25) is 0 Å². The molecule has 4 rings (SSSR count). The zero-order valence-electron chi connectivity index (χ0n) is 15.0. The molecule has 10 heteroatoms. The number of thioether (sulfide) groups is 1. The number of nitrogens with zero attached hydrogens (tertiary/aromatic N) is 6. The third-order valence-electron chi connectivity index (χ3n) is 4.69. The van der Waals surface area contributed by atoms with E-state index in [1.165, 1.54) is 12.3 Å². The number of aromatic nitrogens is 4. The molecule has 0 saturated carbocycles. The lowest BCUT2D eigenvalue weighted by atomic mass is 10.2. The van der Waals surface area contributed by atoms with Crippen molar-refractivity contribution in [2.45, 2.75) is 11.3 Å². The van der Waals surface area contributed by atoms with E-state index < -0.39 is 11.7 Å². The number of piperazine rings is 1. The minimum absolute atomic E-state index is 0.0268. The van der Waals surface area contributed by atoms with E-state index in [0.717, 1.165) is 29.2 Å². The second kappa shape index (κ2) is 7.96. The highest BCUT2D eigenvalue weighted by Gasteiger charge is 2.36. The Bertz CT molecular complexity index is 936. The van der Waals surface area contributed by atoms with Gasteiger partial charge < -0.3 is 4.90 Å². The summed E-state index contributed by atoms with van der Waals surface area (Å²) in [5, 5.41) is 9.17. The van der Waals surface area contributed by atoms with Gasteiger partial charge in [0.15, 0.2) is 10.8 Å². The Hall–Kier alpha value is -2.33. The number of hydrogen-bond donors (Lipinski definition) is 0. The van der Waals surface area contributed by atoms with Gasteiger partial charge in [0.25, 0.3) is 0 Å². The molecule has 0 radical (unpaired) electrons. The van der Waals surface area contributed by atoms with E-state index in [1.54, 1.807) is 16.7 Å². The average Bonchev–Trinajstić information content (AvgIpc) is 3.11. The van der Waals surface area contributed by atoms with Gasteiger partial charge >= 0.3 is 6.18 Å². The van der Waals surface area contributed by atoms with E-state index in [-0.39, 0.29) is 5.82 Å². The first-order valence-corrected chi connectivity index (χ1v) is 9.93. The summed E-state index contributed by atoms with van der Waals surface area (Å²) in [6, 6.07) is 8.18.